The van der Waals surface area contributed by atoms with E-state index in [2.05, 4.69) is 0 Å². The molecule has 2 N–H and O–H groups in total. The maximum Gasteiger partial charge on any atom is 0.190 e. The highest BCUT2D eigenvalue weighted by atomic mass is 19.1. The van der Waals surface area contributed by atoms with Gasteiger partial charge in [0.1, 0.15) is 17.9 Å². The Kier molecular flexibility index (Phi) is 3.81. The molecule has 0 bridgehead atoms. The standard InChI is InChI=1S/C22H27FO4/c1-13-10-17-16-5-4-14-11-15(25)6-7-19(14,2)21(16,23)9-8-20(17,3)22(13,27)18(26)12-24/h6-9,11,13,16-17,24,27H,4-5,10,12H2,1-3H3/t13-,16-,17-,19-,20-,21+,22-/m0/s1. The van der Waals surface area contributed by atoms with Crippen LogP contribution in [-0.4, -0.2) is 39.7 Å². The van der Waals surface area contributed by atoms with E-state index in [4.69, 9.17) is 0 Å². The molecule has 4 nitrogen and oxygen atoms in total. The number of hydrogen-bond acceptors (Lipinski definition) is 4. The highest BCUT2D eigenvalue weighted by molar-refractivity contribution is 6.01. The Hall–Kier alpha value is -1.59. The van der Waals surface area contributed by atoms with Gasteiger partial charge in [0, 0.05) is 16.7 Å². The van der Waals surface area contributed by atoms with E-state index in [0.29, 0.717) is 19.3 Å². The van der Waals surface area contributed by atoms with Crippen molar-refractivity contribution in [1.29, 1.82) is 0 Å². The monoisotopic (exact) mass is 374 g/mol. The van der Waals surface area contributed by atoms with Crippen LogP contribution in [0.3, 0.4) is 0 Å². The first kappa shape index (κ1) is 18.8. The maximum absolute atomic E-state index is 16.6. The summed E-state index contributed by atoms with van der Waals surface area (Å²) in [5.74, 6) is -1.65. The molecule has 2 fully saturated rings. The first-order chi connectivity index (χ1) is 12.5. The number of aliphatic hydroxyl groups excluding tert-OH is 1. The summed E-state index contributed by atoms with van der Waals surface area (Å²) in [6.07, 6.45) is 9.60. The van der Waals surface area contributed by atoms with Crippen molar-refractivity contribution in [3.05, 3.63) is 36.0 Å². The van der Waals surface area contributed by atoms with Gasteiger partial charge in [0.15, 0.2) is 11.6 Å². The fourth-order valence-corrected chi connectivity index (χ4v) is 6.56. The zero-order valence-electron chi connectivity index (χ0n) is 16.0. The summed E-state index contributed by atoms with van der Waals surface area (Å²) < 4.78 is 16.6. The average Bonchev–Trinajstić information content (AvgIpc) is 2.84. The summed E-state index contributed by atoms with van der Waals surface area (Å²) in [6, 6.07) is 0. The molecule has 4 aliphatic carbocycles. The zero-order valence-corrected chi connectivity index (χ0v) is 16.0. The number of aliphatic hydroxyl groups is 2. The molecule has 0 radical (unpaired) electrons. The first-order valence-electron chi connectivity index (χ1n) is 9.74. The molecule has 146 valence electrons. The van der Waals surface area contributed by atoms with Crippen LogP contribution in [0.4, 0.5) is 4.39 Å². The predicted molar refractivity (Wildman–Crippen MR) is 98.5 cm³/mol. The molecule has 0 saturated heterocycles. The molecule has 0 aromatic carbocycles. The fourth-order valence-electron chi connectivity index (χ4n) is 6.56. The zero-order chi connectivity index (χ0) is 19.8. The molecule has 4 rings (SSSR count). The van der Waals surface area contributed by atoms with Gasteiger partial charge in [-0.2, -0.15) is 0 Å². The molecular weight excluding hydrogens is 347 g/mol. The SMILES string of the molecule is C[C@H]1C[C@H]2[C@@H]3CCC4=CC(=O)C=C[C@]4(C)[C@@]3(F)C=C[C@]2(C)[C@@]1(O)C(=O)CO. The highest BCUT2D eigenvalue weighted by Gasteiger charge is 2.71. The van der Waals surface area contributed by atoms with Gasteiger partial charge < -0.3 is 10.2 Å². The Bertz CT molecular complexity index is 813. The van der Waals surface area contributed by atoms with Crippen LogP contribution < -0.4 is 0 Å². The van der Waals surface area contributed by atoms with E-state index in [0.717, 1.165) is 5.57 Å². The molecule has 0 amide bonds. The number of fused-ring (bicyclic) bond motifs is 5. The topological polar surface area (TPSA) is 74.6 Å². The molecule has 0 unspecified atom stereocenters. The van der Waals surface area contributed by atoms with Gasteiger partial charge in [-0.15, -0.1) is 0 Å². The van der Waals surface area contributed by atoms with Crippen LogP contribution in [-0.2, 0) is 9.59 Å². The lowest BCUT2D eigenvalue weighted by atomic mass is 9.48. The van der Waals surface area contributed by atoms with E-state index >= 15 is 4.39 Å². The van der Waals surface area contributed by atoms with Crippen LogP contribution >= 0.6 is 0 Å². The van der Waals surface area contributed by atoms with Crippen LogP contribution in [0, 0.1) is 28.6 Å². The molecule has 5 heteroatoms. The summed E-state index contributed by atoms with van der Waals surface area (Å²) in [7, 11) is 0. The number of alkyl halides is 1. The average molecular weight is 374 g/mol. The van der Waals surface area contributed by atoms with Crippen molar-refractivity contribution in [2.45, 2.75) is 51.3 Å². The molecule has 27 heavy (non-hydrogen) atoms. The van der Waals surface area contributed by atoms with Crippen LogP contribution in [0.25, 0.3) is 0 Å². The van der Waals surface area contributed by atoms with Crippen LogP contribution in [0.15, 0.2) is 36.0 Å². The van der Waals surface area contributed by atoms with E-state index in [9.17, 15) is 19.8 Å². The Morgan fingerprint density at radius 2 is 1.96 bits per heavy atom. The number of hydrogen-bond donors (Lipinski definition) is 2. The van der Waals surface area contributed by atoms with Crippen molar-refractivity contribution in [2.75, 3.05) is 6.61 Å². The van der Waals surface area contributed by atoms with E-state index in [1.807, 2.05) is 13.8 Å². The number of Topliss-reactive ketones (excluding diaryl/α,β-unsaturated/α-hetero) is 1. The maximum atomic E-state index is 16.6. The minimum Gasteiger partial charge on any atom is -0.388 e. The lowest BCUT2D eigenvalue weighted by molar-refractivity contribution is -0.159. The second-order valence-corrected chi connectivity index (χ2v) is 9.23. The third-order valence-corrected chi connectivity index (χ3v) is 8.26. The molecular formula is C22H27FO4. The number of halogens is 1. The number of rotatable bonds is 2. The Morgan fingerprint density at radius 3 is 2.63 bits per heavy atom. The fraction of sp³-hybridized carbons (Fsp3) is 0.636. The van der Waals surface area contributed by atoms with Crippen molar-refractivity contribution in [2.24, 2.45) is 28.6 Å². The highest BCUT2D eigenvalue weighted by Crippen LogP contribution is 2.68. The minimum absolute atomic E-state index is 0.105. The van der Waals surface area contributed by atoms with Crippen LogP contribution in [0.2, 0.25) is 0 Å². The van der Waals surface area contributed by atoms with Crippen molar-refractivity contribution in [3.63, 3.8) is 0 Å². The molecule has 4 aliphatic rings. The lowest BCUT2D eigenvalue weighted by Gasteiger charge is -2.57. The molecule has 7 atom stereocenters. The second-order valence-electron chi connectivity index (χ2n) is 9.23. The second kappa shape index (κ2) is 5.48. The van der Waals surface area contributed by atoms with E-state index < -0.39 is 34.5 Å². The Morgan fingerprint density at radius 1 is 1.26 bits per heavy atom. The summed E-state index contributed by atoms with van der Waals surface area (Å²) in [6.45, 7) is 4.74. The first-order valence-corrected chi connectivity index (χ1v) is 9.74. The Balaban J connectivity index is 1.85. The minimum atomic E-state index is -1.69. The Labute approximate surface area is 158 Å². The van der Waals surface area contributed by atoms with Gasteiger partial charge in [0.05, 0.1) is 0 Å². The molecule has 2 saturated carbocycles. The number of allylic oxidation sites excluding steroid dienone is 5. The third-order valence-electron chi connectivity index (χ3n) is 8.26. The quantitative estimate of drug-likeness (QED) is 0.729. The van der Waals surface area contributed by atoms with Gasteiger partial charge in [0.25, 0.3) is 0 Å². The van der Waals surface area contributed by atoms with Gasteiger partial charge >= 0.3 is 0 Å². The van der Waals surface area contributed by atoms with Crippen molar-refractivity contribution in [1.82, 2.24) is 0 Å². The number of carbonyl (C=O) groups is 2. The largest absolute Gasteiger partial charge is 0.388 e. The van der Waals surface area contributed by atoms with Crippen molar-refractivity contribution < 1.29 is 24.2 Å². The normalized spacial score (nSPS) is 50.7. The van der Waals surface area contributed by atoms with Gasteiger partial charge in [0.2, 0.25) is 0 Å². The van der Waals surface area contributed by atoms with Gasteiger partial charge in [-0.3, -0.25) is 9.59 Å². The smallest absolute Gasteiger partial charge is 0.190 e. The molecule has 0 aromatic heterocycles. The van der Waals surface area contributed by atoms with Crippen LogP contribution in [0.5, 0.6) is 0 Å². The molecule has 0 spiro atoms. The molecule has 0 aliphatic heterocycles. The van der Waals surface area contributed by atoms with Gasteiger partial charge in [-0.25, -0.2) is 4.39 Å². The van der Waals surface area contributed by atoms with E-state index in [1.165, 1.54) is 12.2 Å². The predicted octanol–water partition coefficient (Wildman–Crippen LogP) is 2.70. The van der Waals surface area contributed by atoms with Crippen molar-refractivity contribution in [3.8, 4) is 0 Å². The summed E-state index contributed by atoms with van der Waals surface area (Å²) in [5, 5.41) is 20.8. The molecule has 0 aromatic rings. The molecule has 0 heterocycles. The number of ketones is 2. The lowest BCUT2D eigenvalue weighted by Crippen LogP contribution is -2.61. The van der Waals surface area contributed by atoms with Crippen LogP contribution in [0.1, 0.15) is 40.0 Å². The van der Waals surface area contributed by atoms with Gasteiger partial charge in [-0.1, -0.05) is 31.6 Å². The van der Waals surface area contributed by atoms with Gasteiger partial charge in [-0.05, 0) is 56.3 Å². The van der Waals surface area contributed by atoms with Crippen molar-refractivity contribution >= 4 is 11.6 Å². The summed E-state index contributed by atoms with van der Waals surface area (Å²) in [5.41, 5.74) is -4.37. The third kappa shape index (κ3) is 1.99. The van der Waals surface area contributed by atoms with E-state index in [-0.39, 0.29) is 23.5 Å². The number of carbonyl (C=O) groups excluding carboxylic acids is 2. The summed E-state index contributed by atoms with van der Waals surface area (Å²) in [4.78, 5) is 24.3. The summed E-state index contributed by atoms with van der Waals surface area (Å²) >= 11 is 0. The van der Waals surface area contributed by atoms with E-state index in [1.54, 1.807) is 25.2 Å².